The molecule has 0 N–H and O–H groups in total. The minimum atomic E-state index is -0.209. The SMILES string of the molecule is C1CC(CCN2CCC3(C2)OCCO3)C1. The molecule has 3 heteroatoms. The summed E-state index contributed by atoms with van der Waals surface area (Å²) in [6.07, 6.45) is 6.84. The largest absolute Gasteiger partial charge is 0.346 e. The van der Waals surface area contributed by atoms with Gasteiger partial charge in [-0.2, -0.15) is 0 Å². The van der Waals surface area contributed by atoms with Gasteiger partial charge in [0.25, 0.3) is 0 Å². The first-order valence-electron chi connectivity index (χ1n) is 6.37. The normalized spacial score (nSPS) is 31.2. The van der Waals surface area contributed by atoms with Crippen LogP contribution in [0.1, 0.15) is 32.1 Å². The van der Waals surface area contributed by atoms with Gasteiger partial charge in [0.05, 0.1) is 19.8 Å². The molecule has 0 aromatic carbocycles. The van der Waals surface area contributed by atoms with Gasteiger partial charge >= 0.3 is 0 Å². The van der Waals surface area contributed by atoms with Gasteiger partial charge in [-0.25, -0.2) is 0 Å². The molecule has 0 aromatic rings. The van der Waals surface area contributed by atoms with Crippen LogP contribution in [0.5, 0.6) is 0 Å². The number of hydrogen-bond acceptors (Lipinski definition) is 3. The first kappa shape index (κ1) is 10.1. The Hall–Kier alpha value is -0.120. The van der Waals surface area contributed by atoms with E-state index in [0.29, 0.717) is 0 Å². The number of hydrogen-bond donors (Lipinski definition) is 0. The van der Waals surface area contributed by atoms with Gasteiger partial charge in [-0.1, -0.05) is 19.3 Å². The highest BCUT2D eigenvalue weighted by atomic mass is 16.7. The summed E-state index contributed by atoms with van der Waals surface area (Å²) >= 11 is 0. The highest BCUT2D eigenvalue weighted by Gasteiger charge is 2.43. The van der Waals surface area contributed by atoms with Gasteiger partial charge in [-0.05, 0) is 18.9 Å². The molecule has 15 heavy (non-hydrogen) atoms. The quantitative estimate of drug-likeness (QED) is 0.708. The molecule has 2 heterocycles. The van der Waals surface area contributed by atoms with E-state index in [1.54, 1.807) is 0 Å². The lowest BCUT2D eigenvalue weighted by Gasteiger charge is -2.28. The van der Waals surface area contributed by atoms with Crippen LogP contribution in [0, 0.1) is 5.92 Å². The Kier molecular flexibility index (Phi) is 2.71. The molecule has 0 radical (unpaired) electrons. The van der Waals surface area contributed by atoms with Crippen LogP contribution in [-0.2, 0) is 9.47 Å². The average Bonchev–Trinajstić information content (AvgIpc) is 2.76. The van der Waals surface area contributed by atoms with Gasteiger partial charge in [0.1, 0.15) is 0 Å². The van der Waals surface area contributed by atoms with Crippen molar-refractivity contribution >= 4 is 0 Å². The molecule has 3 rings (SSSR count). The molecule has 2 aliphatic heterocycles. The second-order valence-corrected chi connectivity index (χ2v) is 5.22. The van der Waals surface area contributed by atoms with Crippen LogP contribution in [0.4, 0.5) is 0 Å². The third-order valence-electron chi connectivity index (χ3n) is 4.17. The predicted octanol–water partition coefficient (Wildman–Crippen LogP) is 1.63. The van der Waals surface area contributed by atoms with Crippen molar-refractivity contribution in [1.82, 2.24) is 4.90 Å². The Morgan fingerprint density at radius 2 is 2.00 bits per heavy atom. The first-order valence-corrected chi connectivity index (χ1v) is 6.37. The summed E-state index contributed by atoms with van der Waals surface area (Å²) in [5.41, 5.74) is 0. The molecule has 3 fully saturated rings. The van der Waals surface area contributed by atoms with Crippen LogP contribution >= 0.6 is 0 Å². The summed E-state index contributed by atoms with van der Waals surface area (Å²) in [5, 5.41) is 0. The summed E-state index contributed by atoms with van der Waals surface area (Å²) in [6, 6.07) is 0. The van der Waals surface area contributed by atoms with E-state index in [1.165, 1.54) is 32.2 Å². The number of rotatable bonds is 3. The molecule has 0 amide bonds. The Bertz CT molecular complexity index is 222. The van der Waals surface area contributed by atoms with Crippen LogP contribution in [0.2, 0.25) is 0 Å². The van der Waals surface area contributed by atoms with Crippen LogP contribution in [-0.4, -0.2) is 43.5 Å². The Labute approximate surface area is 91.7 Å². The van der Waals surface area contributed by atoms with Crippen molar-refractivity contribution in [3.8, 4) is 0 Å². The second-order valence-electron chi connectivity index (χ2n) is 5.22. The molecule has 0 bridgehead atoms. The molecule has 0 atom stereocenters. The minimum Gasteiger partial charge on any atom is -0.346 e. The molecule has 1 spiro atoms. The van der Waals surface area contributed by atoms with Crippen LogP contribution in [0.3, 0.4) is 0 Å². The second kappa shape index (κ2) is 4.04. The van der Waals surface area contributed by atoms with Crippen molar-refractivity contribution < 1.29 is 9.47 Å². The van der Waals surface area contributed by atoms with Gasteiger partial charge in [0, 0.05) is 13.0 Å². The van der Waals surface area contributed by atoms with Gasteiger partial charge < -0.3 is 9.47 Å². The maximum absolute atomic E-state index is 5.71. The zero-order valence-electron chi connectivity index (χ0n) is 9.41. The molecule has 1 aliphatic carbocycles. The summed E-state index contributed by atoms with van der Waals surface area (Å²) < 4.78 is 11.4. The van der Waals surface area contributed by atoms with Gasteiger partial charge in [0.2, 0.25) is 0 Å². The van der Waals surface area contributed by atoms with Crippen LogP contribution in [0.15, 0.2) is 0 Å². The molecular formula is C12H21NO2. The number of nitrogens with zero attached hydrogens (tertiary/aromatic N) is 1. The summed E-state index contributed by atoms with van der Waals surface area (Å²) in [4.78, 5) is 2.52. The monoisotopic (exact) mass is 211 g/mol. The number of likely N-dealkylation sites (tertiary alicyclic amines) is 1. The lowest BCUT2D eigenvalue weighted by Crippen LogP contribution is -2.35. The van der Waals surface area contributed by atoms with E-state index in [2.05, 4.69) is 4.90 Å². The smallest absolute Gasteiger partial charge is 0.182 e. The third kappa shape index (κ3) is 2.05. The maximum Gasteiger partial charge on any atom is 0.182 e. The molecular weight excluding hydrogens is 190 g/mol. The lowest BCUT2D eigenvalue weighted by atomic mass is 9.83. The average molecular weight is 211 g/mol. The van der Waals surface area contributed by atoms with E-state index >= 15 is 0 Å². The molecule has 0 unspecified atom stereocenters. The highest BCUT2D eigenvalue weighted by molar-refractivity contribution is 4.87. The number of ether oxygens (including phenoxy) is 2. The summed E-state index contributed by atoms with van der Waals surface area (Å²) in [7, 11) is 0. The minimum absolute atomic E-state index is 0.209. The molecule has 1 saturated carbocycles. The van der Waals surface area contributed by atoms with Crippen molar-refractivity contribution in [2.45, 2.75) is 37.9 Å². The van der Waals surface area contributed by atoms with Gasteiger partial charge in [-0.15, -0.1) is 0 Å². The molecule has 2 saturated heterocycles. The zero-order chi connectivity index (χ0) is 10.1. The molecule has 0 aromatic heterocycles. The van der Waals surface area contributed by atoms with E-state index in [-0.39, 0.29) is 5.79 Å². The van der Waals surface area contributed by atoms with E-state index in [0.717, 1.165) is 38.6 Å². The summed E-state index contributed by atoms with van der Waals surface area (Å²) in [5.74, 6) is 0.812. The van der Waals surface area contributed by atoms with Gasteiger partial charge in [-0.3, -0.25) is 4.90 Å². The van der Waals surface area contributed by atoms with Crippen molar-refractivity contribution in [2.24, 2.45) is 5.92 Å². The Balaban J connectivity index is 1.44. The van der Waals surface area contributed by atoms with Crippen LogP contribution in [0.25, 0.3) is 0 Å². The van der Waals surface area contributed by atoms with Crippen molar-refractivity contribution in [3.05, 3.63) is 0 Å². The van der Waals surface area contributed by atoms with Crippen molar-refractivity contribution in [2.75, 3.05) is 32.8 Å². The lowest BCUT2D eigenvalue weighted by molar-refractivity contribution is -0.145. The van der Waals surface area contributed by atoms with E-state index in [1.807, 2.05) is 0 Å². The van der Waals surface area contributed by atoms with E-state index in [4.69, 9.17) is 9.47 Å². The summed E-state index contributed by atoms with van der Waals surface area (Å²) in [6.45, 7) is 4.98. The topological polar surface area (TPSA) is 21.7 Å². The highest BCUT2D eigenvalue weighted by Crippen LogP contribution is 2.33. The van der Waals surface area contributed by atoms with Gasteiger partial charge in [0.15, 0.2) is 5.79 Å². The van der Waals surface area contributed by atoms with E-state index in [9.17, 15) is 0 Å². The molecule has 3 aliphatic rings. The molecule has 3 nitrogen and oxygen atoms in total. The standard InChI is InChI=1S/C12H21NO2/c1-2-11(3-1)4-6-13-7-5-12(10-13)14-8-9-15-12/h11H,1-10H2. The first-order chi connectivity index (χ1) is 7.36. The predicted molar refractivity (Wildman–Crippen MR) is 57.7 cm³/mol. The maximum atomic E-state index is 5.71. The Morgan fingerprint density at radius 1 is 1.20 bits per heavy atom. The fourth-order valence-corrected chi connectivity index (χ4v) is 2.90. The third-order valence-corrected chi connectivity index (χ3v) is 4.17. The fourth-order valence-electron chi connectivity index (χ4n) is 2.90. The van der Waals surface area contributed by atoms with Crippen molar-refractivity contribution in [1.29, 1.82) is 0 Å². The van der Waals surface area contributed by atoms with Crippen molar-refractivity contribution in [3.63, 3.8) is 0 Å². The van der Waals surface area contributed by atoms with E-state index < -0.39 is 0 Å². The molecule has 86 valence electrons. The fraction of sp³-hybridized carbons (Fsp3) is 1.00. The van der Waals surface area contributed by atoms with Crippen LogP contribution < -0.4 is 0 Å². The Morgan fingerprint density at radius 3 is 2.67 bits per heavy atom. The zero-order valence-corrected chi connectivity index (χ0v) is 9.41.